The molecule has 0 spiro atoms. The summed E-state index contributed by atoms with van der Waals surface area (Å²) in [6, 6.07) is 9.56. The maximum atomic E-state index is 12.2. The molecule has 0 unspecified atom stereocenters. The minimum Gasteiger partial charge on any atom is -0.456 e. The molecule has 2 heterocycles. The zero-order valence-corrected chi connectivity index (χ0v) is 16.7. The Kier molecular flexibility index (Phi) is 6.91. The van der Waals surface area contributed by atoms with E-state index in [9.17, 15) is 24.0 Å². The second kappa shape index (κ2) is 9.79. The second-order valence-corrected chi connectivity index (χ2v) is 7.38. The van der Waals surface area contributed by atoms with E-state index in [0.717, 1.165) is 9.78 Å². The number of benzene rings is 1. The van der Waals surface area contributed by atoms with E-state index in [2.05, 4.69) is 10.6 Å². The Hall–Kier alpha value is -3.53. The highest BCUT2D eigenvalue weighted by atomic mass is 32.1. The molecule has 2 aromatic rings. The van der Waals surface area contributed by atoms with Gasteiger partial charge in [0.2, 0.25) is 0 Å². The number of hydrogen-bond acceptors (Lipinski definition) is 7. The number of thiophene rings is 1. The zero-order valence-electron chi connectivity index (χ0n) is 15.9. The Bertz CT molecular complexity index is 938. The van der Waals surface area contributed by atoms with Gasteiger partial charge in [-0.05, 0) is 30.0 Å². The Labute approximate surface area is 176 Å². The van der Waals surface area contributed by atoms with Gasteiger partial charge >= 0.3 is 12.0 Å². The van der Waals surface area contributed by atoms with E-state index in [1.165, 1.54) is 0 Å². The van der Waals surface area contributed by atoms with Crippen LogP contribution in [-0.2, 0) is 20.7 Å². The van der Waals surface area contributed by atoms with Gasteiger partial charge in [-0.2, -0.15) is 0 Å². The number of fused-ring (bicyclic) bond motifs is 1. The van der Waals surface area contributed by atoms with E-state index < -0.39 is 36.3 Å². The number of esters is 1. The number of hydrogen-bond donors (Lipinski definition) is 2. The molecule has 1 aromatic carbocycles. The molecule has 5 amide bonds. The number of amides is 5. The van der Waals surface area contributed by atoms with Crippen LogP contribution in [0.25, 0.3) is 0 Å². The summed E-state index contributed by atoms with van der Waals surface area (Å²) in [5, 5.41) is 6.52. The molecule has 0 radical (unpaired) electrons. The lowest BCUT2D eigenvalue weighted by Crippen LogP contribution is -2.42. The molecule has 10 heteroatoms. The van der Waals surface area contributed by atoms with Gasteiger partial charge in [-0.1, -0.05) is 18.2 Å². The normalized spacial score (nSPS) is 12.5. The van der Waals surface area contributed by atoms with Crippen LogP contribution in [0.15, 0.2) is 41.8 Å². The lowest BCUT2D eigenvalue weighted by molar-refractivity contribution is -0.148. The maximum absolute atomic E-state index is 12.2. The first kappa shape index (κ1) is 21.2. The first-order chi connectivity index (χ1) is 14.5. The molecule has 1 aliphatic heterocycles. The van der Waals surface area contributed by atoms with Crippen LogP contribution in [0.3, 0.4) is 0 Å². The van der Waals surface area contributed by atoms with Crippen molar-refractivity contribution in [1.29, 1.82) is 0 Å². The number of carbonyl (C=O) groups excluding carboxylic acids is 5. The molecule has 1 aromatic heterocycles. The lowest BCUT2D eigenvalue weighted by Gasteiger charge is -2.13. The van der Waals surface area contributed by atoms with Crippen molar-refractivity contribution in [1.82, 2.24) is 15.5 Å². The average Bonchev–Trinajstić information content (AvgIpc) is 3.33. The molecule has 0 fully saturated rings. The number of imide groups is 2. The third-order valence-corrected chi connectivity index (χ3v) is 5.21. The van der Waals surface area contributed by atoms with E-state index >= 15 is 0 Å². The van der Waals surface area contributed by atoms with Crippen LogP contribution in [0.2, 0.25) is 0 Å². The van der Waals surface area contributed by atoms with E-state index in [1.807, 2.05) is 17.5 Å². The smallest absolute Gasteiger partial charge is 0.321 e. The molecule has 0 saturated heterocycles. The predicted molar refractivity (Wildman–Crippen MR) is 107 cm³/mol. The van der Waals surface area contributed by atoms with Crippen LogP contribution in [0.1, 0.15) is 32.0 Å². The molecule has 1 aliphatic rings. The third kappa shape index (κ3) is 5.29. The van der Waals surface area contributed by atoms with Gasteiger partial charge in [-0.25, -0.2) is 4.79 Å². The van der Waals surface area contributed by atoms with Crippen LogP contribution < -0.4 is 10.6 Å². The maximum Gasteiger partial charge on any atom is 0.321 e. The first-order valence-corrected chi connectivity index (χ1v) is 10.0. The molecule has 2 N–H and O–H groups in total. The van der Waals surface area contributed by atoms with Crippen molar-refractivity contribution in [2.45, 2.75) is 12.8 Å². The van der Waals surface area contributed by atoms with Gasteiger partial charge in [0.15, 0.2) is 6.61 Å². The van der Waals surface area contributed by atoms with Gasteiger partial charge in [0.1, 0.15) is 0 Å². The Balaban J connectivity index is 1.33. The van der Waals surface area contributed by atoms with Gasteiger partial charge in [-0.3, -0.25) is 29.4 Å². The molecule has 30 heavy (non-hydrogen) atoms. The lowest BCUT2D eigenvalue weighted by atomic mass is 10.1. The standard InChI is InChI=1S/C20H19N3O6S/c24-16(22-20(28)21-9-7-13-4-3-11-30-13)12-29-17(25)8-10-23-18(26)14-5-1-2-6-15(14)19(23)27/h1-6,11H,7-10,12H2,(H2,21,22,24,28). The average molecular weight is 429 g/mol. The van der Waals surface area contributed by atoms with Crippen LogP contribution in [0, 0.1) is 0 Å². The number of carbonyl (C=O) groups is 5. The third-order valence-electron chi connectivity index (χ3n) is 4.27. The summed E-state index contributed by atoms with van der Waals surface area (Å²) in [6.45, 7) is -0.436. The second-order valence-electron chi connectivity index (χ2n) is 6.35. The minimum atomic E-state index is -0.780. The number of nitrogens with one attached hydrogen (secondary N) is 2. The summed E-state index contributed by atoms with van der Waals surface area (Å²) in [5.41, 5.74) is 0.584. The Morgan fingerprint density at radius 2 is 1.70 bits per heavy atom. The first-order valence-electron chi connectivity index (χ1n) is 9.16. The zero-order chi connectivity index (χ0) is 21.5. The van der Waals surface area contributed by atoms with E-state index in [4.69, 9.17) is 4.74 Å². The molecule has 3 rings (SSSR count). The van der Waals surface area contributed by atoms with Gasteiger partial charge in [0, 0.05) is 18.0 Å². The molecule has 0 atom stereocenters. The van der Waals surface area contributed by atoms with Crippen molar-refractivity contribution in [3.05, 3.63) is 57.8 Å². The number of ether oxygens (including phenoxy) is 1. The quantitative estimate of drug-likeness (QED) is 0.483. The summed E-state index contributed by atoms with van der Waals surface area (Å²) in [7, 11) is 0. The van der Waals surface area contributed by atoms with Gasteiger partial charge in [-0.15, -0.1) is 11.3 Å². The Morgan fingerprint density at radius 1 is 1.00 bits per heavy atom. The van der Waals surface area contributed by atoms with Crippen LogP contribution >= 0.6 is 11.3 Å². The SMILES string of the molecule is O=C(COC(=O)CCN1C(=O)c2ccccc2C1=O)NC(=O)NCCc1cccs1. The number of nitrogens with zero attached hydrogens (tertiary/aromatic N) is 1. The molecular formula is C20H19N3O6S. The molecule has 0 saturated carbocycles. The Morgan fingerprint density at radius 3 is 2.33 bits per heavy atom. The van der Waals surface area contributed by atoms with Crippen molar-refractivity contribution in [2.75, 3.05) is 19.7 Å². The van der Waals surface area contributed by atoms with Crippen molar-refractivity contribution < 1.29 is 28.7 Å². The van der Waals surface area contributed by atoms with Crippen molar-refractivity contribution in [2.24, 2.45) is 0 Å². The fourth-order valence-electron chi connectivity index (χ4n) is 2.82. The molecule has 9 nitrogen and oxygen atoms in total. The predicted octanol–water partition coefficient (Wildman–Crippen LogP) is 1.35. The van der Waals surface area contributed by atoms with Crippen LogP contribution in [-0.4, -0.2) is 54.3 Å². The van der Waals surface area contributed by atoms with Gasteiger partial charge in [0.05, 0.1) is 17.5 Å². The van der Waals surface area contributed by atoms with Crippen LogP contribution in [0.4, 0.5) is 4.79 Å². The van der Waals surface area contributed by atoms with E-state index in [1.54, 1.807) is 35.6 Å². The fourth-order valence-corrected chi connectivity index (χ4v) is 3.53. The number of rotatable bonds is 8. The van der Waals surface area contributed by atoms with Crippen LogP contribution in [0.5, 0.6) is 0 Å². The monoisotopic (exact) mass is 429 g/mol. The van der Waals surface area contributed by atoms with E-state index in [0.29, 0.717) is 24.1 Å². The fraction of sp³-hybridized carbons (Fsp3) is 0.250. The highest BCUT2D eigenvalue weighted by molar-refractivity contribution is 7.09. The minimum absolute atomic E-state index is 0.157. The molecule has 0 bridgehead atoms. The summed E-state index contributed by atoms with van der Waals surface area (Å²) in [6.07, 6.45) is 0.387. The number of urea groups is 1. The van der Waals surface area contributed by atoms with Crippen molar-refractivity contribution in [3.63, 3.8) is 0 Å². The molecule has 156 valence electrons. The van der Waals surface area contributed by atoms with Crippen molar-refractivity contribution in [3.8, 4) is 0 Å². The summed E-state index contributed by atoms with van der Waals surface area (Å²) in [5.74, 6) is -2.49. The van der Waals surface area contributed by atoms with E-state index in [-0.39, 0.29) is 13.0 Å². The highest BCUT2D eigenvalue weighted by Gasteiger charge is 2.35. The van der Waals surface area contributed by atoms with Gasteiger partial charge < -0.3 is 10.1 Å². The molecular weight excluding hydrogens is 410 g/mol. The highest BCUT2D eigenvalue weighted by Crippen LogP contribution is 2.22. The summed E-state index contributed by atoms with van der Waals surface area (Å²) < 4.78 is 4.80. The molecule has 0 aliphatic carbocycles. The summed E-state index contributed by atoms with van der Waals surface area (Å²) >= 11 is 1.57. The van der Waals surface area contributed by atoms with Gasteiger partial charge in [0.25, 0.3) is 17.7 Å². The largest absolute Gasteiger partial charge is 0.456 e. The summed E-state index contributed by atoms with van der Waals surface area (Å²) in [4.78, 5) is 61.7. The topological polar surface area (TPSA) is 122 Å². The van der Waals surface area contributed by atoms with Crippen molar-refractivity contribution >= 4 is 41.1 Å².